The summed E-state index contributed by atoms with van der Waals surface area (Å²) in [5.41, 5.74) is 1.52. The van der Waals surface area contributed by atoms with Gasteiger partial charge in [0.25, 0.3) is 0 Å². The average Bonchev–Trinajstić information content (AvgIpc) is 2.33. The van der Waals surface area contributed by atoms with Crippen LogP contribution in [0.15, 0.2) is 11.6 Å². The first kappa shape index (κ1) is 8.03. The summed E-state index contributed by atoms with van der Waals surface area (Å²) in [5, 5.41) is 0. The van der Waals surface area contributed by atoms with Gasteiger partial charge in [-0.3, -0.25) is 4.79 Å². The predicted octanol–water partition coefficient (Wildman–Crippen LogP) is 2.86. The number of carbonyl (C=O) groups is 1. The molecule has 0 aromatic heterocycles. The predicted molar refractivity (Wildman–Crippen MR) is 48.9 cm³/mol. The number of hydrogen-bond acceptors (Lipinski definition) is 1. The molecule has 66 valence electrons. The highest BCUT2D eigenvalue weighted by molar-refractivity contribution is 5.87. The van der Waals surface area contributed by atoms with E-state index >= 15 is 0 Å². The quantitative estimate of drug-likeness (QED) is 0.503. The molecule has 0 bridgehead atoms. The number of hydrogen-bond donors (Lipinski definition) is 0. The van der Waals surface area contributed by atoms with Gasteiger partial charge in [0.2, 0.25) is 0 Å². The molecule has 2 aliphatic carbocycles. The van der Waals surface area contributed by atoms with Crippen molar-refractivity contribution in [2.75, 3.05) is 0 Å². The van der Waals surface area contributed by atoms with Crippen LogP contribution in [-0.2, 0) is 4.79 Å². The van der Waals surface area contributed by atoms with E-state index in [1.807, 2.05) is 0 Å². The summed E-state index contributed by atoms with van der Waals surface area (Å²) in [6.07, 6.45) is 8.69. The lowest BCUT2D eigenvalue weighted by Crippen LogP contribution is -2.27. The van der Waals surface area contributed by atoms with Crippen molar-refractivity contribution in [3.63, 3.8) is 0 Å². The molecule has 2 aliphatic rings. The minimum atomic E-state index is 0.0961. The molecule has 0 saturated heterocycles. The van der Waals surface area contributed by atoms with Crippen molar-refractivity contribution in [3.8, 4) is 0 Å². The van der Waals surface area contributed by atoms with Crippen molar-refractivity contribution >= 4 is 5.78 Å². The van der Waals surface area contributed by atoms with Crippen LogP contribution < -0.4 is 0 Å². The molecular weight excluding hydrogens is 148 g/mol. The lowest BCUT2D eigenvalue weighted by Gasteiger charge is -2.30. The van der Waals surface area contributed by atoms with E-state index in [1.54, 1.807) is 0 Å². The van der Waals surface area contributed by atoms with Crippen LogP contribution in [0, 0.1) is 5.41 Å². The molecule has 0 heterocycles. The third kappa shape index (κ3) is 1.12. The zero-order valence-electron chi connectivity index (χ0n) is 7.73. The topological polar surface area (TPSA) is 17.1 Å². The first-order chi connectivity index (χ1) is 5.73. The molecule has 0 amide bonds. The Morgan fingerprint density at radius 3 is 2.83 bits per heavy atom. The van der Waals surface area contributed by atoms with Crippen molar-refractivity contribution in [1.82, 2.24) is 0 Å². The van der Waals surface area contributed by atoms with Crippen LogP contribution >= 0.6 is 0 Å². The molecule has 1 spiro atoms. The Kier molecular flexibility index (Phi) is 1.82. The smallest absolute Gasteiger partial charge is 0.139 e. The zero-order chi connectivity index (χ0) is 8.60. The van der Waals surface area contributed by atoms with Gasteiger partial charge in [0.15, 0.2) is 0 Å². The van der Waals surface area contributed by atoms with Gasteiger partial charge < -0.3 is 0 Å². The van der Waals surface area contributed by atoms with E-state index < -0.39 is 0 Å². The van der Waals surface area contributed by atoms with Crippen molar-refractivity contribution in [2.24, 2.45) is 5.41 Å². The fourth-order valence-electron chi connectivity index (χ4n) is 2.73. The van der Waals surface area contributed by atoms with Gasteiger partial charge in [-0.2, -0.15) is 0 Å². The fourth-order valence-corrected chi connectivity index (χ4v) is 2.73. The second kappa shape index (κ2) is 2.72. The van der Waals surface area contributed by atoms with Gasteiger partial charge in [0.1, 0.15) is 5.78 Å². The van der Waals surface area contributed by atoms with Gasteiger partial charge in [-0.15, -0.1) is 0 Å². The minimum absolute atomic E-state index is 0.0961. The molecule has 0 N–H and O–H groups in total. The van der Waals surface area contributed by atoms with Crippen LogP contribution in [0.1, 0.15) is 45.4 Å². The highest BCUT2D eigenvalue weighted by atomic mass is 16.1. The number of rotatable bonds is 0. The van der Waals surface area contributed by atoms with E-state index in [0.29, 0.717) is 5.78 Å². The molecule has 1 fully saturated rings. The number of ketones is 1. The summed E-state index contributed by atoms with van der Waals surface area (Å²) in [5.74, 6) is 0.537. The Morgan fingerprint density at radius 2 is 2.25 bits per heavy atom. The monoisotopic (exact) mass is 164 g/mol. The molecule has 1 atom stereocenters. The Morgan fingerprint density at radius 1 is 1.42 bits per heavy atom. The second-order valence-electron chi connectivity index (χ2n) is 4.32. The molecule has 0 aliphatic heterocycles. The van der Waals surface area contributed by atoms with E-state index in [-0.39, 0.29) is 5.41 Å². The van der Waals surface area contributed by atoms with Crippen molar-refractivity contribution < 1.29 is 4.79 Å². The van der Waals surface area contributed by atoms with E-state index in [0.717, 1.165) is 38.5 Å². The SMILES string of the molecule is CC1=CCCC2(CCCC2=O)C1. The number of Topliss-reactive ketones (excluding diaryl/α,β-unsaturated/α-hetero) is 1. The summed E-state index contributed by atoms with van der Waals surface area (Å²) < 4.78 is 0. The van der Waals surface area contributed by atoms with Crippen LogP contribution in [0.3, 0.4) is 0 Å². The minimum Gasteiger partial charge on any atom is -0.299 e. The molecule has 1 heteroatoms. The molecule has 2 rings (SSSR count). The normalized spacial score (nSPS) is 35.8. The van der Waals surface area contributed by atoms with E-state index in [9.17, 15) is 4.79 Å². The Labute approximate surface area is 73.8 Å². The summed E-state index contributed by atoms with van der Waals surface area (Å²) in [7, 11) is 0. The van der Waals surface area contributed by atoms with Crippen LogP contribution in [0.4, 0.5) is 0 Å². The van der Waals surface area contributed by atoms with Gasteiger partial charge in [-0.1, -0.05) is 11.6 Å². The van der Waals surface area contributed by atoms with E-state index in [2.05, 4.69) is 13.0 Å². The lowest BCUT2D eigenvalue weighted by atomic mass is 9.72. The van der Waals surface area contributed by atoms with E-state index in [1.165, 1.54) is 5.57 Å². The van der Waals surface area contributed by atoms with Crippen molar-refractivity contribution in [3.05, 3.63) is 11.6 Å². The molecule has 1 nitrogen and oxygen atoms in total. The van der Waals surface area contributed by atoms with Crippen LogP contribution in [-0.4, -0.2) is 5.78 Å². The maximum Gasteiger partial charge on any atom is 0.139 e. The third-order valence-electron chi connectivity index (χ3n) is 3.38. The maximum atomic E-state index is 11.7. The zero-order valence-corrected chi connectivity index (χ0v) is 7.73. The van der Waals surface area contributed by atoms with Gasteiger partial charge >= 0.3 is 0 Å². The molecule has 0 aromatic rings. The van der Waals surface area contributed by atoms with Gasteiger partial charge in [0.05, 0.1) is 0 Å². The van der Waals surface area contributed by atoms with Crippen molar-refractivity contribution in [2.45, 2.75) is 45.4 Å². The molecule has 12 heavy (non-hydrogen) atoms. The third-order valence-corrected chi connectivity index (χ3v) is 3.38. The summed E-state index contributed by atoms with van der Waals surface area (Å²) >= 11 is 0. The van der Waals surface area contributed by atoms with Gasteiger partial charge in [0, 0.05) is 11.8 Å². The fraction of sp³-hybridized carbons (Fsp3) is 0.727. The molecule has 0 radical (unpaired) electrons. The second-order valence-corrected chi connectivity index (χ2v) is 4.32. The largest absolute Gasteiger partial charge is 0.299 e. The molecule has 1 saturated carbocycles. The summed E-state index contributed by atoms with van der Waals surface area (Å²) in [4.78, 5) is 11.7. The Hall–Kier alpha value is -0.590. The lowest BCUT2D eigenvalue weighted by molar-refractivity contribution is -0.126. The number of carbonyl (C=O) groups excluding carboxylic acids is 1. The van der Waals surface area contributed by atoms with Gasteiger partial charge in [-0.05, 0) is 39.0 Å². The Balaban J connectivity index is 2.22. The van der Waals surface area contributed by atoms with Gasteiger partial charge in [-0.25, -0.2) is 0 Å². The van der Waals surface area contributed by atoms with Crippen LogP contribution in [0.2, 0.25) is 0 Å². The van der Waals surface area contributed by atoms with Crippen molar-refractivity contribution in [1.29, 1.82) is 0 Å². The highest BCUT2D eigenvalue weighted by Gasteiger charge is 2.42. The number of allylic oxidation sites excluding steroid dienone is 2. The average molecular weight is 164 g/mol. The summed E-state index contributed by atoms with van der Waals surface area (Å²) in [6.45, 7) is 2.16. The van der Waals surface area contributed by atoms with Crippen LogP contribution in [0.25, 0.3) is 0 Å². The maximum absolute atomic E-state index is 11.7. The molecular formula is C11H16O. The molecule has 1 unspecified atom stereocenters. The highest BCUT2D eigenvalue weighted by Crippen LogP contribution is 2.46. The Bertz CT molecular complexity index is 239. The first-order valence-corrected chi connectivity index (χ1v) is 4.92. The standard InChI is InChI=1S/C11H16O/c1-9-4-2-6-11(8-9)7-3-5-10(11)12/h4H,2-3,5-8H2,1H3. The van der Waals surface area contributed by atoms with Crippen LogP contribution in [0.5, 0.6) is 0 Å². The summed E-state index contributed by atoms with van der Waals surface area (Å²) in [6, 6.07) is 0. The van der Waals surface area contributed by atoms with E-state index in [4.69, 9.17) is 0 Å². The molecule has 0 aromatic carbocycles. The first-order valence-electron chi connectivity index (χ1n) is 4.92.